The Hall–Kier alpha value is -2.90. The lowest BCUT2D eigenvalue weighted by atomic mass is 10.2. The maximum Gasteiger partial charge on any atom is 0.331 e. The molecule has 1 amide bonds. The van der Waals surface area contributed by atoms with Crippen molar-refractivity contribution >= 4 is 52.5 Å². The van der Waals surface area contributed by atoms with Crippen LogP contribution in [0.5, 0.6) is 0 Å². The number of rotatable bonds is 6. The van der Waals surface area contributed by atoms with Crippen molar-refractivity contribution in [1.29, 1.82) is 0 Å². The van der Waals surface area contributed by atoms with Crippen molar-refractivity contribution < 1.29 is 19.2 Å². The average molecular weight is 409 g/mol. The van der Waals surface area contributed by atoms with Gasteiger partial charge in [-0.3, -0.25) is 14.9 Å². The molecule has 0 fully saturated rings. The standard InChI is InChI=1S/C18H14Cl2N2O5/c1-11(27-17(23)9-4-12-2-5-13(19)6-3-12)18(24)21-16-8-7-14(22(25)26)10-15(16)20/h2-11H,1H3,(H,21,24)/b9-4+. The van der Waals surface area contributed by atoms with Crippen molar-refractivity contribution in [2.24, 2.45) is 0 Å². The lowest BCUT2D eigenvalue weighted by Gasteiger charge is -2.13. The van der Waals surface area contributed by atoms with Crippen LogP contribution in [0.15, 0.2) is 48.5 Å². The van der Waals surface area contributed by atoms with E-state index in [0.29, 0.717) is 5.02 Å². The zero-order valence-corrected chi connectivity index (χ0v) is 15.5. The predicted octanol–water partition coefficient (Wildman–Crippen LogP) is 4.49. The summed E-state index contributed by atoms with van der Waals surface area (Å²) in [6.07, 6.45) is 1.61. The second kappa shape index (κ2) is 9.16. The summed E-state index contributed by atoms with van der Waals surface area (Å²) < 4.78 is 5.02. The van der Waals surface area contributed by atoms with Gasteiger partial charge in [-0.15, -0.1) is 0 Å². The van der Waals surface area contributed by atoms with Gasteiger partial charge in [-0.05, 0) is 36.8 Å². The molecule has 0 heterocycles. The molecular weight excluding hydrogens is 395 g/mol. The number of esters is 1. The van der Waals surface area contributed by atoms with Gasteiger partial charge in [0.25, 0.3) is 11.6 Å². The number of amides is 1. The summed E-state index contributed by atoms with van der Waals surface area (Å²) in [6, 6.07) is 10.4. The third-order valence-electron chi connectivity index (χ3n) is 3.37. The van der Waals surface area contributed by atoms with Crippen LogP contribution in [-0.4, -0.2) is 22.9 Å². The van der Waals surface area contributed by atoms with Gasteiger partial charge in [0.1, 0.15) is 0 Å². The van der Waals surface area contributed by atoms with E-state index in [4.69, 9.17) is 27.9 Å². The molecule has 0 aliphatic heterocycles. The highest BCUT2D eigenvalue weighted by atomic mass is 35.5. The molecule has 2 aromatic carbocycles. The molecule has 1 N–H and O–H groups in total. The fourth-order valence-electron chi connectivity index (χ4n) is 1.96. The van der Waals surface area contributed by atoms with E-state index in [2.05, 4.69) is 5.32 Å². The van der Waals surface area contributed by atoms with E-state index < -0.39 is 22.9 Å². The van der Waals surface area contributed by atoms with E-state index >= 15 is 0 Å². The molecule has 7 nitrogen and oxygen atoms in total. The third-order valence-corrected chi connectivity index (χ3v) is 3.93. The highest BCUT2D eigenvalue weighted by molar-refractivity contribution is 6.34. The number of non-ortho nitro benzene ring substituents is 1. The largest absolute Gasteiger partial charge is 0.449 e. The number of nitro groups is 1. The predicted molar refractivity (Wildman–Crippen MR) is 103 cm³/mol. The fourth-order valence-corrected chi connectivity index (χ4v) is 2.31. The van der Waals surface area contributed by atoms with E-state index in [1.54, 1.807) is 24.3 Å². The SMILES string of the molecule is CC(OC(=O)/C=C/c1ccc(Cl)cc1)C(=O)Nc1ccc([N+](=O)[O-])cc1Cl. The lowest BCUT2D eigenvalue weighted by Crippen LogP contribution is -2.29. The van der Waals surface area contributed by atoms with Crippen molar-refractivity contribution in [2.45, 2.75) is 13.0 Å². The smallest absolute Gasteiger partial charge is 0.331 e. The summed E-state index contributed by atoms with van der Waals surface area (Å²) in [4.78, 5) is 34.0. The molecule has 0 saturated carbocycles. The van der Waals surface area contributed by atoms with Crippen molar-refractivity contribution in [3.05, 3.63) is 74.3 Å². The molecule has 0 aromatic heterocycles. The number of carbonyl (C=O) groups is 2. The number of halogens is 2. The molecular formula is C18H14Cl2N2O5. The molecule has 9 heteroatoms. The van der Waals surface area contributed by atoms with Crippen molar-refractivity contribution in [1.82, 2.24) is 0 Å². The highest BCUT2D eigenvalue weighted by Gasteiger charge is 2.18. The summed E-state index contributed by atoms with van der Waals surface area (Å²) in [5, 5.41) is 13.7. The second-order valence-electron chi connectivity index (χ2n) is 5.37. The minimum Gasteiger partial charge on any atom is -0.449 e. The van der Waals surface area contributed by atoms with Crippen LogP contribution in [0.2, 0.25) is 10.0 Å². The number of ether oxygens (including phenoxy) is 1. The number of nitrogens with one attached hydrogen (secondary N) is 1. The zero-order valence-electron chi connectivity index (χ0n) is 14.0. The van der Waals surface area contributed by atoms with Gasteiger partial charge in [0.2, 0.25) is 0 Å². The van der Waals surface area contributed by atoms with Gasteiger partial charge in [0, 0.05) is 23.2 Å². The number of hydrogen-bond acceptors (Lipinski definition) is 5. The number of anilines is 1. The van der Waals surface area contributed by atoms with Crippen LogP contribution in [0.1, 0.15) is 12.5 Å². The highest BCUT2D eigenvalue weighted by Crippen LogP contribution is 2.26. The topological polar surface area (TPSA) is 98.5 Å². The van der Waals surface area contributed by atoms with E-state index in [0.717, 1.165) is 11.6 Å². The van der Waals surface area contributed by atoms with Crippen molar-refractivity contribution in [2.75, 3.05) is 5.32 Å². The Bertz CT molecular complexity index is 897. The molecule has 0 bridgehead atoms. The Kier molecular flexibility index (Phi) is 6.92. The van der Waals surface area contributed by atoms with Crippen LogP contribution < -0.4 is 5.32 Å². The lowest BCUT2D eigenvalue weighted by molar-refractivity contribution is -0.384. The number of carbonyl (C=O) groups excluding carboxylic acids is 2. The molecule has 27 heavy (non-hydrogen) atoms. The Morgan fingerprint density at radius 3 is 2.44 bits per heavy atom. The van der Waals surface area contributed by atoms with Crippen LogP contribution in [0.4, 0.5) is 11.4 Å². The average Bonchev–Trinajstić information content (AvgIpc) is 2.62. The Labute approximate surface area is 164 Å². The number of benzene rings is 2. The van der Waals surface area contributed by atoms with Gasteiger partial charge < -0.3 is 10.1 Å². The molecule has 0 spiro atoms. The van der Waals surface area contributed by atoms with Crippen LogP contribution in [0.3, 0.4) is 0 Å². The van der Waals surface area contributed by atoms with Crippen LogP contribution >= 0.6 is 23.2 Å². The summed E-state index contributed by atoms with van der Waals surface area (Å²) in [5.41, 5.74) is 0.711. The zero-order chi connectivity index (χ0) is 20.0. The first kappa shape index (κ1) is 20.4. The van der Waals surface area contributed by atoms with Crippen LogP contribution in [0, 0.1) is 10.1 Å². The van der Waals surface area contributed by atoms with E-state index in [1.807, 2.05) is 0 Å². The van der Waals surface area contributed by atoms with E-state index in [-0.39, 0.29) is 16.4 Å². The fraction of sp³-hybridized carbons (Fsp3) is 0.111. The molecule has 0 radical (unpaired) electrons. The van der Waals surface area contributed by atoms with E-state index in [9.17, 15) is 19.7 Å². The van der Waals surface area contributed by atoms with Gasteiger partial charge >= 0.3 is 5.97 Å². The summed E-state index contributed by atoms with van der Waals surface area (Å²) >= 11 is 11.7. The molecule has 0 aliphatic rings. The Balaban J connectivity index is 1.94. The minimum atomic E-state index is -1.10. The number of nitrogens with zero attached hydrogens (tertiary/aromatic N) is 1. The van der Waals surface area contributed by atoms with Crippen molar-refractivity contribution in [3.8, 4) is 0 Å². The van der Waals surface area contributed by atoms with Gasteiger partial charge in [-0.1, -0.05) is 35.3 Å². The maximum atomic E-state index is 12.1. The molecule has 0 saturated heterocycles. The molecule has 2 aromatic rings. The minimum absolute atomic E-state index is 0.00119. The number of nitro benzene ring substituents is 1. The molecule has 0 aliphatic carbocycles. The quantitative estimate of drug-likeness (QED) is 0.328. The first-order chi connectivity index (χ1) is 12.8. The monoisotopic (exact) mass is 408 g/mol. The molecule has 140 valence electrons. The Morgan fingerprint density at radius 1 is 1.19 bits per heavy atom. The van der Waals surface area contributed by atoms with Gasteiger partial charge in [-0.2, -0.15) is 0 Å². The Morgan fingerprint density at radius 2 is 1.85 bits per heavy atom. The summed E-state index contributed by atoms with van der Waals surface area (Å²) in [5.74, 6) is -1.33. The molecule has 1 unspecified atom stereocenters. The molecule has 2 rings (SSSR count). The number of hydrogen-bond donors (Lipinski definition) is 1. The molecule has 1 atom stereocenters. The normalized spacial score (nSPS) is 11.8. The van der Waals surface area contributed by atoms with Gasteiger partial charge in [0.05, 0.1) is 15.6 Å². The first-order valence-electron chi connectivity index (χ1n) is 7.65. The summed E-state index contributed by atoms with van der Waals surface area (Å²) in [7, 11) is 0. The summed E-state index contributed by atoms with van der Waals surface area (Å²) in [6.45, 7) is 1.39. The van der Waals surface area contributed by atoms with Crippen LogP contribution in [-0.2, 0) is 14.3 Å². The van der Waals surface area contributed by atoms with Gasteiger partial charge in [0.15, 0.2) is 6.10 Å². The van der Waals surface area contributed by atoms with E-state index in [1.165, 1.54) is 31.2 Å². The van der Waals surface area contributed by atoms with Crippen molar-refractivity contribution in [3.63, 3.8) is 0 Å². The van der Waals surface area contributed by atoms with Crippen LogP contribution in [0.25, 0.3) is 6.08 Å². The van der Waals surface area contributed by atoms with Gasteiger partial charge in [-0.25, -0.2) is 4.79 Å². The first-order valence-corrected chi connectivity index (χ1v) is 8.41. The second-order valence-corrected chi connectivity index (χ2v) is 6.22. The third kappa shape index (κ3) is 6.09. The maximum absolute atomic E-state index is 12.1.